The van der Waals surface area contributed by atoms with Gasteiger partial charge in [-0.25, -0.2) is 15.8 Å². The highest BCUT2D eigenvalue weighted by atomic mass is 32.2. The van der Waals surface area contributed by atoms with Crippen LogP contribution < -0.4 is 16.6 Å². The van der Waals surface area contributed by atoms with Gasteiger partial charge in [-0.05, 0) is 24.9 Å². The molecule has 0 radical (unpaired) electrons. The molecule has 0 spiro atoms. The maximum atomic E-state index is 5.32. The van der Waals surface area contributed by atoms with Gasteiger partial charge in [0.05, 0.1) is 0 Å². The first-order valence-corrected chi connectivity index (χ1v) is 6.60. The Bertz CT molecular complexity index is 331. The fraction of sp³-hybridized carbons (Fsp3) is 0.600. The fourth-order valence-electron chi connectivity index (χ4n) is 1.35. The van der Waals surface area contributed by atoms with Crippen LogP contribution in [0.2, 0.25) is 0 Å². The third kappa shape index (κ3) is 4.24. The van der Waals surface area contributed by atoms with Gasteiger partial charge in [0.2, 0.25) is 0 Å². The number of thioether (sulfide) groups is 1. The molecule has 0 amide bonds. The number of hydrazine groups is 1. The van der Waals surface area contributed by atoms with Gasteiger partial charge in [-0.3, -0.25) is 0 Å². The van der Waals surface area contributed by atoms with E-state index < -0.39 is 0 Å². The summed E-state index contributed by atoms with van der Waals surface area (Å²) in [7, 11) is 0. The van der Waals surface area contributed by atoms with Crippen molar-refractivity contribution >= 4 is 23.4 Å². The number of nitrogens with one attached hydrogen (secondary N) is 2. The van der Waals surface area contributed by atoms with E-state index in [-0.39, 0.29) is 0 Å². The van der Waals surface area contributed by atoms with Crippen molar-refractivity contribution in [3.63, 3.8) is 0 Å². The van der Waals surface area contributed by atoms with Crippen molar-refractivity contribution in [2.24, 2.45) is 11.8 Å². The van der Waals surface area contributed by atoms with Gasteiger partial charge in [-0.15, -0.1) is 0 Å². The van der Waals surface area contributed by atoms with E-state index in [1.165, 1.54) is 0 Å². The van der Waals surface area contributed by atoms with Crippen molar-refractivity contribution in [3.05, 3.63) is 11.9 Å². The quantitative estimate of drug-likeness (QED) is 0.517. The first kappa shape index (κ1) is 13.1. The lowest BCUT2D eigenvalue weighted by Crippen LogP contribution is -2.16. The Morgan fingerprint density at radius 1 is 1.44 bits per heavy atom. The molecule has 1 atom stereocenters. The number of rotatable bonds is 6. The van der Waals surface area contributed by atoms with E-state index >= 15 is 0 Å². The lowest BCUT2D eigenvalue weighted by Gasteiger charge is -2.12. The van der Waals surface area contributed by atoms with Gasteiger partial charge in [0.15, 0.2) is 0 Å². The first-order valence-electron chi connectivity index (χ1n) is 5.20. The highest BCUT2D eigenvalue weighted by molar-refractivity contribution is 7.98. The molecule has 16 heavy (non-hydrogen) atoms. The zero-order valence-electron chi connectivity index (χ0n) is 9.95. The third-order valence-corrected chi connectivity index (χ3v) is 2.97. The van der Waals surface area contributed by atoms with E-state index in [0.29, 0.717) is 17.6 Å². The number of aromatic nitrogens is 2. The summed E-state index contributed by atoms with van der Waals surface area (Å²) in [6.07, 6.45) is 2.11. The van der Waals surface area contributed by atoms with Crippen LogP contribution in [0.25, 0.3) is 0 Å². The standard InChI is InChI=1S/C10H19N5S/c1-7(6-16-3)5-12-9-4-10(15-11)14-8(2)13-9/h4,7H,5-6,11H2,1-3H3,(H2,12,13,14,15). The summed E-state index contributed by atoms with van der Waals surface area (Å²) in [4.78, 5) is 8.41. The molecule has 6 heteroatoms. The molecule has 0 aliphatic heterocycles. The summed E-state index contributed by atoms with van der Waals surface area (Å²) in [5, 5.41) is 3.28. The number of hydrogen-bond acceptors (Lipinski definition) is 6. The molecule has 4 N–H and O–H groups in total. The molecule has 0 aliphatic rings. The maximum absolute atomic E-state index is 5.32. The molecule has 0 aliphatic carbocycles. The van der Waals surface area contributed by atoms with Crippen LogP contribution in [0.4, 0.5) is 11.6 Å². The van der Waals surface area contributed by atoms with Crippen LogP contribution in [0.3, 0.4) is 0 Å². The summed E-state index contributed by atoms with van der Waals surface area (Å²) in [6, 6.07) is 1.80. The predicted octanol–water partition coefficient (Wildman–Crippen LogP) is 1.48. The minimum absolute atomic E-state index is 0.611. The predicted molar refractivity (Wildman–Crippen MR) is 70.6 cm³/mol. The minimum atomic E-state index is 0.611. The second kappa shape index (κ2) is 6.55. The Labute approximate surface area is 101 Å². The summed E-state index contributed by atoms with van der Waals surface area (Å²) in [5.41, 5.74) is 2.53. The summed E-state index contributed by atoms with van der Waals surface area (Å²) < 4.78 is 0. The zero-order chi connectivity index (χ0) is 12.0. The van der Waals surface area contributed by atoms with Gasteiger partial charge in [-0.1, -0.05) is 6.92 Å². The molecule has 0 fully saturated rings. The van der Waals surface area contributed by atoms with E-state index in [1.54, 1.807) is 6.07 Å². The van der Waals surface area contributed by atoms with Crippen molar-refractivity contribution in [1.29, 1.82) is 0 Å². The molecule has 1 unspecified atom stereocenters. The molecule has 5 nitrogen and oxygen atoms in total. The lowest BCUT2D eigenvalue weighted by atomic mass is 10.2. The van der Waals surface area contributed by atoms with Gasteiger partial charge < -0.3 is 10.7 Å². The number of nitrogens with zero attached hydrogens (tertiary/aromatic N) is 2. The average molecular weight is 241 g/mol. The van der Waals surface area contributed by atoms with E-state index in [2.05, 4.69) is 33.9 Å². The number of hydrogen-bond donors (Lipinski definition) is 3. The van der Waals surface area contributed by atoms with Crippen LogP contribution in [0.5, 0.6) is 0 Å². The Kier molecular flexibility index (Phi) is 5.34. The van der Waals surface area contributed by atoms with Gasteiger partial charge in [0.1, 0.15) is 17.5 Å². The molecule has 1 heterocycles. The lowest BCUT2D eigenvalue weighted by molar-refractivity contribution is 0.699. The number of aryl methyl sites for hydroxylation is 1. The van der Waals surface area contributed by atoms with Crippen molar-refractivity contribution in [2.45, 2.75) is 13.8 Å². The second-order valence-corrected chi connectivity index (χ2v) is 4.68. The van der Waals surface area contributed by atoms with Crippen LogP contribution in [0.15, 0.2) is 6.07 Å². The third-order valence-electron chi connectivity index (χ3n) is 2.07. The average Bonchev–Trinajstić information content (AvgIpc) is 2.26. The minimum Gasteiger partial charge on any atom is -0.370 e. The Balaban J connectivity index is 2.56. The van der Waals surface area contributed by atoms with Gasteiger partial charge in [-0.2, -0.15) is 11.8 Å². The smallest absolute Gasteiger partial charge is 0.145 e. The molecule has 0 saturated carbocycles. The summed E-state index contributed by atoms with van der Waals surface area (Å²) in [6.45, 7) is 4.96. The zero-order valence-corrected chi connectivity index (χ0v) is 10.8. The van der Waals surface area contributed by atoms with E-state index in [9.17, 15) is 0 Å². The van der Waals surface area contributed by atoms with Crippen LogP contribution in [0, 0.1) is 12.8 Å². The molecule has 90 valence electrons. The number of anilines is 2. The fourth-order valence-corrected chi connectivity index (χ4v) is 2.04. The molecule has 1 aromatic rings. The molecular formula is C10H19N5S. The molecule has 0 bridgehead atoms. The van der Waals surface area contributed by atoms with Crippen LogP contribution in [0.1, 0.15) is 12.7 Å². The van der Waals surface area contributed by atoms with Crippen LogP contribution in [-0.2, 0) is 0 Å². The molecular weight excluding hydrogens is 222 g/mol. The molecule has 1 rings (SSSR count). The summed E-state index contributed by atoms with van der Waals surface area (Å²) >= 11 is 1.85. The molecule has 0 aromatic carbocycles. The van der Waals surface area contributed by atoms with Crippen LogP contribution >= 0.6 is 11.8 Å². The SMILES string of the molecule is CSCC(C)CNc1cc(NN)nc(C)n1. The largest absolute Gasteiger partial charge is 0.370 e. The summed E-state index contributed by atoms with van der Waals surface area (Å²) in [5.74, 6) is 9.22. The monoisotopic (exact) mass is 241 g/mol. The second-order valence-electron chi connectivity index (χ2n) is 3.77. The Hall–Kier alpha value is -1.01. The normalized spacial score (nSPS) is 12.2. The Morgan fingerprint density at radius 2 is 2.12 bits per heavy atom. The molecule has 0 saturated heterocycles. The van der Waals surface area contributed by atoms with E-state index in [1.807, 2.05) is 18.7 Å². The molecule has 1 aromatic heterocycles. The first-order chi connectivity index (χ1) is 7.65. The van der Waals surface area contributed by atoms with Crippen molar-refractivity contribution < 1.29 is 0 Å². The van der Waals surface area contributed by atoms with Gasteiger partial charge in [0, 0.05) is 12.6 Å². The highest BCUT2D eigenvalue weighted by Gasteiger charge is 2.03. The van der Waals surface area contributed by atoms with Crippen molar-refractivity contribution in [1.82, 2.24) is 9.97 Å². The number of nitrogen functional groups attached to an aromatic ring is 1. The van der Waals surface area contributed by atoms with Crippen molar-refractivity contribution in [3.8, 4) is 0 Å². The van der Waals surface area contributed by atoms with Crippen LogP contribution in [-0.4, -0.2) is 28.5 Å². The topological polar surface area (TPSA) is 75.9 Å². The maximum Gasteiger partial charge on any atom is 0.145 e. The Morgan fingerprint density at radius 3 is 2.75 bits per heavy atom. The van der Waals surface area contributed by atoms with Gasteiger partial charge in [0.25, 0.3) is 0 Å². The number of nitrogens with two attached hydrogens (primary N) is 1. The highest BCUT2D eigenvalue weighted by Crippen LogP contribution is 2.11. The van der Waals surface area contributed by atoms with Crippen molar-refractivity contribution in [2.75, 3.05) is 29.3 Å². The van der Waals surface area contributed by atoms with Gasteiger partial charge >= 0.3 is 0 Å². The van der Waals surface area contributed by atoms with E-state index in [0.717, 1.165) is 18.1 Å². The van der Waals surface area contributed by atoms with E-state index in [4.69, 9.17) is 5.84 Å².